The van der Waals surface area contributed by atoms with Crippen LogP contribution in [0.25, 0.3) is 6.08 Å². The van der Waals surface area contributed by atoms with Crippen LogP contribution in [0, 0.1) is 0 Å². The van der Waals surface area contributed by atoms with Crippen LogP contribution in [-0.4, -0.2) is 24.0 Å². The molecule has 2 aromatic rings. The van der Waals surface area contributed by atoms with Gasteiger partial charge in [0.2, 0.25) is 5.90 Å². The van der Waals surface area contributed by atoms with Gasteiger partial charge < -0.3 is 9.47 Å². The molecule has 3 rings (SSSR count). The minimum absolute atomic E-state index is 0.166. The molecule has 0 N–H and O–H groups in total. The molecule has 0 amide bonds. The third-order valence-electron chi connectivity index (χ3n) is 3.00. The van der Waals surface area contributed by atoms with E-state index in [0.717, 1.165) is 5.56 Å². The Kier molecular flexibility index (Phi) is 3.89. The number of esters is 1. The molecule has 0 aliphatic carbocycles. The standard InChI is InChI=1S/C16H11ClN2O3/c1-21-14-5-4-11(17)8-12(14)15-19-13(16(20)22-15)7-10-3-2-6-18-9-10/h2-9H,1H3. The molecule has 22 heavy (non-hydrogen) atoms. The second kappa shape index (κ2) is 5.99. The zero-order valence-corrected chi connectivity index (χ0v) is 12.4. The van der Waals surface area contributed by atoms with Crippen LogP contribution < -0.4 is 4.74 Å². The van der Waals surface area contributed by atoms with E-state index in [1.54, 1.807) is 42.7 Å². The molecule has 0 bridgehead atoms. The number of ether oxygens (including phenoxy) is 2. The average Bonchev–Trinajstić information content (AvgIpc) is 2.89. The fraction of sp³-hybridized carbons (Fsp3) is 0.0625. The van der Waals surface area contributed by atoms with Gasteiger partial charge in [0, 0.05) is 17.4 Å². The third-order valence-corrected chi connectivity index (χ3v) is 3.24. The van der Waals surface area contributed by atoms with Crippen molar-refractivity contribution in [1.82, 2.24) is 4.98 Å². The number of aliphatic imine (C=N–C) groups is 1. The number of cyclic esters (lactones) is 1. The Morgan fingerprint density at radius 3 is 2.91 bits per heavy atom. The lowest BCUT2D eigenvalue weighted by atomic mass is 10.2. The van der Waals surface area contributed by atoms with Crippen molar-refractivity contribution in [2.45, 2.75) is 0 Å². The molecule has 0 saturated heterocycles. The molecule has 5 nitrogen and oxygen atoms in total. The molecule has 0 radical (unpaired) electrons. The number of nitrogens with zero attached hydrogens (tertiary/aromatic N) is 2. The Morgan fingerprint density at radius 2 is 2.18 bits per heavy atom. The van der Waals surface area contributed by atoms with E-state index >= 15 is 0 Å². The van der Waals surface area contributed by atoms with Crippen molar-refractivity contribution in [3.63, 3.8) is 0 Å². The van der Waals surface area contributed by atoms with Gasteiger partial charge >= 0.3 is 5.97 Å². The normalized spacial score (nSPS) is 15.6. The molecule has 0 spiro atoms. The van der Waals surface area contributed by atoms with Gasteiger partial charge in [-0.2, -0.15) is 0 Å². The summed E-state index contributed by atoms with van der Waals surface area (Å²) in [5, 5.41) is 0.499. The highest BCUT2D eigenvalue weighted by atomic mass is 35.5. The van der Waals surface area contributed by atoms with Crippen molar-refractivity contribution in [2.75, 3.05) is 7.11 Å². The number of carbonyl (C=O) groups is 1. The molecule has 0 fully saturated rings. The SMILES string of the molecule is COc1ccc(Cl)cc1C1=NC(=Cc2cccnc2)C(=O)O1. The van der Waals surface area contributed by atoms with E-state index in [-0.39, 0.29) is 11.6 Å². The van der Waals surface area contributed by atoms with E-state index in [9.17, 15) is 4.79 Å². The molecule has 1 aliphatic heterocycles. The summed E-state index contributed by atoms with van der Waals surface area (Å²) in [7, 11) is 1.52. The van der Waals surface area contributed by atoms with Crippen LogP contribution in [0.3, 0.4) is 0 Å². The number of benzene rings is 1. The Hall–Kier alpha value is -2.66. The Bertz CT molecular complexity index is 785. The maximum atomic E-state index is 11.9. The zero-order chi connectivity index (χ0) is 15.5. The molecule has 0 saturated carbocycles. The summed E-state index contributed by atoms with van der Waals surface area (Å²) >= 11 is 5.98. The topological polar surface area (TPSA) is 60.8 Å². The predicted molar refractivity (Wildman–Crippen MR) is 82.8 cm³/mol. The van der Waals surface area contributed by atoms with E-state index in [0.29, 0.717) is 16.3 Å². The summed E-state index contributed by atoms with van der Waals surface area (Å²) in [6, 6.07) is 8.61. The summed E-state index contributed by atoms with van der Waals surface area (Å²) < 4.78 is 10.5. The predicted octanol–water partition coefficient (Wildman–Crippen LogP) is 3.09. The van der Waals surface area contributed by atoms with Gasteiger partial charge in [0.15, 0.2) is 5.70 Å². The number of rotatable bonds is 3. The van der Waals surface area contributed by atoms with Crippen LogP contribution in [-0.2, 0) is 9.53 Å². The molecule has 0 unspecified atom stereocenters. The van der Waals surface area contributed by atoms with Gasteiger partial charge in [0.05, 0.1) is 12.7 Å². The minimum Gasteiger partial charge on any atom is -0.496 e. The Balaban J connectivity index is 2.00. The summed E-state index contributed by atoms with van der Waals surface area (Å²) in [5.41, 5.74) is 1.49. The average molecular weight is 315 g/mol. The highest BCUT2D eigenvalue weighted by molar-refractivity contribution is 6.31. The maximum absolute atomic E-state index is 11.9. The first kappa shape index (κ1) is 14.3. The molecule has 110 valence electrons. The lowest BCUT2D eigenvalue weighted by molar-refractivity contribution is -0.129. The number of hydrogen-bond donors (Lipinski definition) is 0. The van der Waals surface area contributed by atoms with Crippen LogP contribution >= 0.6 is 11.6 Å². The van der Waals surface area contributed by atoms with Gasteiger partial charge in [-0.15, -0.1) is 0 Å². The quantitative estimate of drug-likeness (QED) is 0.645. The van der Waals surface area contributed by atoms with Gasteiger partial charge in [0.25, 0.3) is 0 Å². The van der Waals surface area contributed by atoms with E-state index in [1.807, 2.05) is 6.07 Å². The number of pyridine rings is 1. The highest BCUT2D eigenvalue weighted by Crippen LogP contribution is 2.27. The summed E-state index contributed by atoms with van der Waals surface area (Å²) in [5.74, 6) is 0.166. The van der Waals surface area contributed by atoms with Crippen LogP contribution in [0.4, 0.5) is 0 Å². The van der Waals surface area contributed by atoms with Gasteiger partial charge in [-0.05, 0) is 35.9 Å². The molecule has 1 aliphatic rings. The third kappa shape index (κ3) is 2.84. The molecule has 1 aromatic heterocycles. The lowest BCUT2D eigenvalue weighted by Gasteiger charge is -2.07. The van der Waals surface area contributed by atoms with Gasteiger partial charge in [-0.1, -0.05) is 17.7 Å². The summed E-state index contributed by atoms with van der Waals surface area (Å²) in [6.07, 6.45) is 4.90. The van der Waals surface area contributed by atoms with E-state index in [2.05, 4.69) is 9.98 Å². The molecule has 1 aromatic carbocycles. The van der Waals surface area contributed by atoms with E-state index in [1.165, 1.54) is 7.11 Å². The molecular weight excluding hydrogens is 304 g/mol. The number of hydrogen-bond acceptors (Lipinski definition) is 5. The van der Waals surface area contributed by atoms with Crippen LogP contribution in [0.1, 0.15) is 11.1 Å². The number of methoxy groups -OCH3 is 1. The van der Waals surface area contributed by atoms with E-state index in [4.69, 9.17) is 21.1 Å². The lowest BCUT2D eigenvalue weighted by Crippen LogP contribution is -2.07. The van der Waals surface area contributed by atoms with Crippen molar-refractivity contribution < 1.29 is 14.3 Å². The minimum atomic E-state index is -0.527. The van der Waals surface area contributed by atoms with E-state index < -0.39 is 5.97 Å². The monoisotopic (exact) mass is 314 g/mol. The fourth-order valence-electron chi connectivity index (χ4n) is 1.99. The van der Waals surface area contributed by atoms with Gasteiger partial charge in [0.1, 0.15) is 5.75 Å². The molecular formula is C16H11ClN2O3. The van der Waals surface area contributed by atoms with Crippen LogP contribution in [0.5, 0.6) is 5.75 Å². The van der Waals surface area contributed by atoms with Crippen molar-refractivity contribution in [2.24, 2.45) is 4.99 Å². The van der Waals surface area contributed by atoms with Crippen molar-refractivity contribution in [3.8, 4) is 5.75 Å². The molecule has 0 atom stereocenters. The largest absolute Gasteiger partial charge is 0.496 e. The number of halogens is 1. The fourth-order valence-corrected chi connectivity index (χ4v) is 2.16. The second-order valence-electron chi connectivity index (χ2n) is 4.47. The summed E-state index contributed by atoms with van der Waals surface area (Å²) in [6.45, 7) is 0. The first-order valence-corrected chi connectivity index (χ1v) is 6.81. The number of aromatic nitrogens is 1. The molecule has 2 heterocycles. The second-order valence-corrected chi connectivity index (χ2v) is 4.90. The van der Waals surface area contributed by atoms with Crippen LogP contribution in [0.15, 0.2) is 53.4 Å². The van der Waals surface area contributed by atoms with Crippen molar-refractivity contribution >= 4 is 29.5 Å². The Labute approximate surface area is 131 Å². The first-order valence-electron chi connectivity index (χ1n) is 6.44. The van der Waals surface area contributed by atoms with Crippen molar-refractivity contribution in [3.05, 3.63) is 64.6 Å². The van der Waals surface area contributed by atoms with Crippen molar-refractivity contribution in [1.29, 1.82) is 0 Å². The highest BCUT2D eigenvalue weighted by Gasteiger charge is 2.26. The van der Waals surface area contributed by atoms with Gasteiger partial charge in [-0.3, -0.25) is 4.98 Å². The first-order chi connectivity index (χ1) is 10.7. The number of carbonyl (C=O) groups excluding carboxylic acids is 1. The molecule has 6 heteroatoms. The zero-order valence-electron chi connectivity index (χ0n) is 11.6. The van der Waals surface area contributed by atoms with Crippen LogP contribution in [0.2, 0.25) is 5.02 Å². The Morgan fingerprint density at radius 1 is 1.32 bits per heavy atom. The smallest absolute Gasteiger partial charge is 0.363 e. The van der Waals surface area contributed by atoms with Gasteiger partial charge in [-0.25, -0.2) is 9.79 Å². The summed E-state index contributed by atoms with van der Waals surface area (Å²) in [4.78, 5) is 20.2. The maximum Gasteiger partial charge on any atom is 0.363 e.